The highest BCUT2D eigenvalue weighted by Crippen LogP contribution is 2.25. The lowest BCUT2D eigenvalue weighted by molar-refractivity contribution is 0.0691. The first-order valence-electron chi connectivity index (χ1n) is 6.62. The molecule has 6 heteroatoms. The monoisotopic (exact) mass is 290 g/mol. The number of rotatable bonds is 6. The zero-order valence-corrected chi connectivity index (χ0v) is 12.3. The van der Waals surface area contributed by atoms with E-state index >= 15 is 0 Å². The van der Waals surface area contributed by atoms with E-state index in [4.69, 9.17) is 9.47 Å². The Morgan fingerprint density at radius 1 is 1.38 bits per heavy atom. The van der Waals surface area contributed by atoms with Crippen molar-refractivity contribution in [2.45, 2.75) is 27.0 Å². The summed E-state index contributed by atoms with van der Waals surface area (Å²) < 4.78 is 12.5. The van der Waals surface area contributed by atoms with E-state index in [-0.39, 0.29) is 12.2 Å². The number of methoxy groups -OCH3 is 1. The maximum Gasteiger partial charge on any atom is 0.339 e. The van der Waals surface area contributed by atoms with Gasteiger partial charge in [-0.05, 0) is 38.1 Å². The Hall–Kier alpha value is -2.50. The van der Waals surface area contributed by atoms with Crippen molar-refractivity contribution in [3.05, 3.63) is 41.2 Å². The highest BCUT2D eigenvalue weighted by Gasteiger charge is 2.14. The van der Waals surface area contributed by atoms with Crippen LogP contribution in [0.3, 0.4) is 0 Å². The molecule has 1 aromatic heterocycles. The van der Waals surface area contributed by atoms with Crippen LogP contribution in [0, 0.1) is 6.92 Å². The molecule has 0 fully saturated rings. The molecule has 0 atom stereocenters. The SMILES string of the molecule is CCn1nc(C)cc1COc1ccc(OC)cc1C(=O)O. The van der Waals surface area contributed by atoms with Gasteiger partial charge in [0.1, 0.15) is 23.7 Å². The van der Waals surface area contributed by atoms with E-state index in [0.29, 0.717) is 11.5 Å². The van der Waals surface area contributed by atoms with Crippen LogP contribution in [0.1, 0.15) is 28.7 Å². The Labute approximate surface area is 122 Å². The van der Waals surface area contributed by atoms with E-state index in [0.717, 1.165) is 17.9 Å². The van der Waals surface area contributed by atoms with Crippen molar-refractivity contribution in [2.24, 2.45) is 0 Å². The number of carbonyl (C=O) groups is 1. The van der Waals surface area contributed by atoms with Crippen LogP contribution >= 0.6 is 0 Å². The number of nitrogens with zero attached hydrogens (tertiary/aromatic N) is 2. The molecule has 2 aromatic rings. The molecule has 0 radical (unpaired) electrons. The second-order valence-corrected chi connectivity index (χ2v) is 4.55. The van der Waals surface area contributed by atoms with Gasteiger partial charge in [0.25, 0.3) is 0 Å². The normalized spacial score (nSPS) is 10.4. The summed E-state index contributed by atoms with van der Waals surface area (Å²) in [5.41, 5.74) is 1.89. The summed E-state index contributed by atoms with van der Waals surface area (Å²) in [6.45, 7) is 4.90. The largest absolute Gasteiger partial charge is 0.497 e. The molecular weight excluding hydrogens is 272 g/mol. The molecule has 6 nitrogen and oxygen atoms in total. The lowest BCUT2D eigenvalue weighted by Crippen LogP contribution is -2.08. The average molecular weight is 290 g/mol. The summed E-state index contributed by atoms with van der Waals surface area (Å²) in [5.74, 6) is -0.261. The number of ether oxygens (including phenoxy) is 2. The minimum atomic E-state index is -1.05. The molecule has 0 aliphatic heterocycles. The highest BCUT2D eigenvalue weighted by molar-refractivity contribution is 5.91. The van der Waals surface area contributed by atoms with Gasteiger partial charge in [-0.1, -0.05) is 0 Å². The Kier molecular flexibility index (Phi) is 4.47. The first-order valence-corrected chi connectivity index (χ1v) is 6.62. The minimum Gasteiger partial charge on any atom is -0.497 e. The molecule has 0 saturated carbocycles. The number of carboxylic acid groups (broad SMARTS) is 1. The number of hydrogen-bond acceptors (Lipinski definition) is 4. The predicted molar refractivity (Wildman–Crippen MR) is 76.9 cm³/mol. The van der Waals surface area contributed by atoms with Gasteiger partial charge in [-0.3, -0.25) is 4.68 Å². The Morgan fingerprint density at radius 3 is 2.76 bits per heavy atom. The summed E-state index contributed by atoms with van der Waals surface area (Å²) in [6.07, 6.45) is 0. The summed E-state index contributed by atoms with van der Waals surface area (Å²) in [4.78, 5) is 11.3. The summed E-state index contributed by atoms with van der Waals surface area (Å²) >= 11 is 0. The van der Waals surface area contributed by atoms with Crippen LogP contribution in [0.5, 0.6) is 11.5 Å². The van der Waals surface area contributed by atoms with Gasteiger partial charge in [-0.15, -0.1) is 0 Å². The van der Waals surface area contributed by atoms with Crippen LogP contribution < -0.4 is 9.47 Å². The molecular formula is C15H18N2O4. The summed E-state index contributed by atoms with van der Waals surface area (Å²) in [6, 6.07) is 6.64. The number of aromatic carboxylic acids is 1. The molecule has 2 rings (SSSR count). The predicted octanol–water partition coefficient (Wildman–Crippen LogP) is 2.50. The molecule has 0 aliphatic rings. The van der Waals surface area contributed by atoms with Crippen molar-refractivity contribution in [1.29, 1.82) is 0 Å². The molecule has 0 amide bonds. The van der Waals surface area contributed by atoms with Crippen LogP contribution in [-0.2, 0) is 13.2 Å². The maximum absolute atomic E-state index is 11.3. The van der Waals surface area contributed by atoms with Crippen LogP contribution in [0.4, 0.5) is 0 Å². The van der Waals surface area contributed by atoms with Crippen LogP contribution in [-0.4, -0.2) is 28.0 Å². The van der Waals surface area contributed by atoms with Crippen molar-refractivity contribution in [3.8, 4) is 11.5 Å². The Balaban J connectivity index is 2.21. The maximum atomic E-state index is 11.3. The van der Waals surface area contributed by atoms with Gasteiger partial charge in [0.05, 0.1) is 18.5 Å². The van der Waals surface area contributed by atoms with E-state index < -0.39 is 5.97 Å². The minimum absolute atomic E-state index is 0.0774. The van der Waals surface area contributed by atoms with Gasteiger partial charge in [0, 0.05) is 6.54 Å². The van der Waals surface area contributed by atoms with Gasteiger partial charge < -0.3 is 14.6 Å². The number of hydrogen-bond donors (Lipinski definition) is 1. The summed E-state index contributed by atoms with van der Waals surface area (Å²) in [7, 11) is 1.49. The fraction of sp³-hybridized carbons (Fsp3) is 0.333. The average Bonchev–Trinajstić information content (AvgIpc) is 2.84. The van der Waals surface area contributed by atoms with Crippen molar-refractivity contribution in [3.63, 3.8) is 0 Å². The van der Waals surface area contributed by atoms with Gasteiger partial charge in [0.2, 0.25) is 0 Å². The second kappa shape index (κ2) is 6.30. The van der Waals surface area contributed by atoms with E-state index in [1.807, 2.05) is 24.6 Å². The van der Waals surface area contributed by atoms with Crippen LogP contribution in [0.25, 0.3) is 0 Å². The van der Waals surface area contributed by atoms with Gasteiger partial charge >= 0.3 is 5.97 Å². The molecule has 0 saturated heterocycles. The third-order valence-electron chi connectivity index (χ3n) is 3.08. The fourth-order valence-electron chi connectivity index (χ4n) is 2.07. The van der Waals surface area contributed by atoms with Crippen molar-refractivity contribution in [1.82, 2.24) is 9.78 Å². The van der Waals surface area contributed by atoms with E-state index in [1.54, 1.807) is 12.1 Å². The molecule has 1 aromatic carbocycles. The highest BCUT2D eigenvalue weighted by atomic mass is 16.5. The zero-order chi connectivity index (χ0) is 15.4. The van der Waals surface area contributed by atoms with Crippen molar-refractivity contribution >= 4 is 5.97 Å². The molecule has 0 aliphatic carbocycles. The molecule has 0 bridgehead atoms. The standard InChI is InChI=1S/C15H18N2O4/c1-4-17-11(7-10(2)16-17)9-21-14-6-5-12(20-3)8-13(14)15(18)19/h5-8H,4,9H2,1-3H3,(H,18,19). The topological polar surface area (TPSA) is 73.6 Å². The van der Waals surface area contributed by atoms with E-state index in [9.17, 15) is 9.90 Å². The van der Waals surface area contributed by atoms with Crippen LogP contribution in [0.15, 0.2) is 24.3 Å². The van der Waals surface area contributed by atoms with Crippen LogP contribution in [0.2, 0.25) is 0 Å². The van der Waals surface area contributed by atoms with Gasteiger partial charge in [-0.2, -0.15) is 5.10 Å². The van der Waals surface area contributed by atoms with Crippen molar-refractivity contribution in [2.75, 3.05) is 7.11 Å². The third-order valence-corrected chi connectivity index (χ3v) is 3.08. The third kappa shape index (κ3) is 3.34. The quantitative estimate of drug-likeness (QED) is 0.884. The molecule has 1 heterocycles. The summed E-state index contributed by atoms with van der Waals surface area (Å²) in [5, 5.41) is 13.6. The first-order chi connectivity index (χ1) is 10.0. The van der Waals surface area contributed by atoms with Gasteiger partial charge in [0.15, 0.2) is 0 Å². The lowest BCUT2D eigenvalue weighted by atomic mass is 10.2. The van der Waals surface area contributed by atoms with E-state index in [2.05, 4.69) is 5.10 Å². The lowest BCUT2D eigenvalue weighted by Gasteiger charge is -2.11. The number of aryl methyl sites for hydroxylation is 2. The van der Waals surface area contributed by atoms with Crippen molar-refractivity contribution < 1.29 is 19.4 Å². The molecule has 21 heavy (non-hydrogen) atoms. The molecule has 0 unspecified atom stereocenters. The number of benzene rings is 1. The molecule has 112 valence electrons. The Bertz CT molecular complexity index is 649. The molecule has 0 spiro atoms. The second-order valence-electron chi connectivity index (χ2n) is 4.55. The number of carboxylic acids is 1. The van der Waals surface area contributed by atoms with Gasteiger partial charge in [-0.25, -0.2) is 4.79 Å². The first kappa shape index (κ1) is 14.9. The fourth-order valence-corrected chi connectivity index (χ4v) is 2.07. The smallest absolute Gasteiger partial charge is 0.339 e. The Morgan fingerprint density at radius 2 is 2.14 bits per heavy atom. The van der Waals surface area contributed by atoms with E-state index in [1.165, 1.54) is 13.2 Å². The molecule has 1 N–H and O–H groups in total. The number of aromatic nitrogens is 2. The zero-order valence-electron chi connectivity index (χ0n) is 12.3.